The fourth-order valence-corrected chi connectivity index (χ4v) is 0.909. The minimum atomic E-state index is 0.237. The van der Waals surface area contributed by atoms with Gasteiger partial charge in [0, 0.05) is 18.7 Å². The molecule has 1 rings (SSSR count). The Morgan fingerprint density at radius 1 is 1.89 bits per heavy atom. The van der Waals surface area contributed by atoms with Crippen molar-refractivity contribution >= 4 is 5.78 Å². The Bertz CT molecular complexity index is 140. The highest BCUT2D eigenvalue weighted by molar-refractivity contribution is 5.90. The van der Waals surface area contributed by atoms with E-state index in [4.69, 9.17) is 0 Å². The summed E-state index contributed by atoms with van der Waals surface area (Å²) in [6.07, 6.45) is 5.01. The molecule has 0 amide bonds. The van der Waals surface area contributed by atoms with E-state index in [1.165, 1.54) is 0 Å². The predicted octanol–water partition coefficient (Wildman–Crippen LogP) is 0.841. The Morgan fingerprint density at radius 2 is 2.67 bits per heavy atom. The second-order valence-electron chi connectivity index (χ2n) is 2.28. The minimum Gasteiger partial charge on any atom is -0.388 e. The normalized spacial score (nSPS) is 25.9. The summed E-state index contributed by atoms with van der Waals surface area (Å²) in [5, 5.41) is 3.10. The Labute approximate surface area is 54.9 Å². The highest BCUT2D eigenvalue weighted by Gasteiger charge is 2.11. The Morgan fingerprint density at radius 3 is 3.11 bits per heavy atom. The third kappa shape index (κ3) is 1.56. The average Bonchev–Trinajstić information content (AvgIpc) is 1.88. The lowest BCUT2D eigenvalue weighted by atomic mass is 10.1. The molecular weight excluding hydrogens is 114 g/mol. The van der Waals surface area contributed by atoms with Gasteiger partial charge >= 0.3 is 0 Å². The summed E-state index contributed by atoms with van der Waals surface area (Å²) in [4.78, 5) is 10.7. The maximum absolute atomic E-state index is 10.7. The topological polar surface area (TPSA) is 29.1 Å². The molecule has 9 heavy (non-hydrogen) atoms. The van der Waals surface area contributed by atoms with Crippen LogP contribution in [-0.4, -0.2) is 11.8 Å². The number of hydrogen-bond acceptors (Lipinski definition) is 2. The van der Waals surface area contributed by atoms with Crippen molar-refractivity contribution in [2.24, 2.45) is 0 Å². The Kier molecular flexibility index (Phi) is 1.88. The summed E-state index contributed by atoms with van der Waals surface area (Å²) in [7, 11) is 0. The minimum absolute atomic E-state index is 0.237. The maximum atomic E-state index is 10.7. The highest BCUT2D eigenvalue weighted by atomic mass is 16.1. The molecule has 1 N–H and O–H groups in total. The number of ketones is 1. The number of carbonyl (C=O) groups is 1. The zero-order valence-corrected chi connectivity index (χ0v) is 5.55. The van der Waals surface area contributed by atoms with Crippen molar-refractivity contribution in [3.63, 3.8) is 0 Å². The molecule has 1 aliphatic rings. The van der Waals surface area contributed by atoms with Crippen molar-refractivity contribution in [3.05, 3.63) is 12.3 Å². The molecule has 2 heteroatoms. The smallest absolute Gasteiger partial charge is 0.159 e. The van der Waals surface area contributed by atoms with Crippen LogP contribution in [0.5, 0.6) is 0 Å². The van der Waals surface area contributed by atoms with Gasteiger partial charge in [0.2, 0.25) is 0 Å². The molecule has 0 fully saturated rings. The molecule has 50 valence electrons. The first kappa shape index (κ1) is 6.33. The van der Waals surface area contributed by atoms with Gasteiger partial charge in [-0.2, -0.15) is 0 Å². The molecule has 0 bridgehead atoms. The average molecular weight is 125 g/mol. The third-order valence-electron chi connectivity index (χ3n) is 1.54. The maximum Gasteiger partial charge on any atom is 0.159 e. The second kappa shape index (κ2) is 2.67. The van der Waals surface area contributed by atoms with Crippen molar-refractivity contribution in [1.82, 2.24) is 5.32 Å². The Hall–Kier alpha value is -0.790. The van der Waals surface area contributed by atoms with Gasteiger partial charge in [-0.25, -0.2) is 0 Å². The van der Waals surface area contributed by atoms with Gasteiger partial charge in [-0.05, 0) is 12.5 Å². The molecule has 0 aromatic heterocycles. The summed E-state index contributed by atoms with van der Waals surface area (Å²) < 4.78 is 0. The van der Waals surface area contributed by atoms with Crippen molar-refractivity contribution < 1.29 is 4.79 Å². The zero-order valence-electron chi connectivity index (χ0n) is 5.55. The molecule has 1 heterocycles. The van der Waals surface area contributed by atoms with Gasteiger partial charge in [0.05, 0.1) is 0 Å². The summed E-state index contributed by atoms with van der Waals surface area (Å²) in [5.74, 6) is 0.237. The van der Waals surface area contributed by atoms with E-state index in [0.29, 0.717) is 12.5 Å². The molecule has 2 nitrogen and oxygen atoms in total. The van der Waals surface area contributed by atoms with Crippen molar-refractivity contribution in [3.8, 4) is 0 Å². The van der Waals surface area contributed by atoms with E-state index in [9.17, 15) is 4.79 Å². The first-order chi connectivity index (χ1) is 4.33. The van der Waals surface area contributed by atoms with Crippen LogP contribution >= 0.6 is 0 Å². The van der Waals surface area contributed by atoms with E-state index >= 15 is 0 Å². The number of allylic oxidation sites excluding steroid dienone is 1. The van der Waals surface area contributed by atoms with Gasteiger partial charge in [-0.3, -0.25) is 4.79 Å². The van der Waals surface area contributed by atoms with E-state index in [1.807, 2.05) is 0 Å². The van der Waals surface area contributed by atoms with Crippen LogP contribution in [0.4, 0.5) is 0 Å². The predicted molar refractivity (Wildman–Crippen MR) is 36.0 cm³/mol. The molecule has 0 radical (unpaired) electrons. The lowest BCUT2D eigenvalue weighted by Gasteiger charge is -2.16. The van der Waals surface area contributed by atoms with E-state index < -0.39 is 0 Å². The van der Waals surface area contributed by atoms with Crippen LogP contribution in [0.25, 0.3) is 0 Å². The van der Waals surface area contributed by atoms with Crippen LogP contribution < -0.4 is 5.32 Å². The van der Waals surface area contributed by atoms with E-state index in [1.54, 1.807) is 12.3 Å². The zero-order chi connectivity index (χ0) is 6.69. The van der Waals surface area contributed by atoms with Crippen LogP contribution in [0, 0.1) is 0 Å². The number of carbonyl (C=O) groups excluding carboxylic acids is 1. The highest BCUT2D eigenvalue weighted by Crippen LogP contribution is 2.03. The van der Waals surface area contributed by atoms with Crippen molar-refractivity contribution in [2.45, 2.75) is 25.8 Å². The van der Waals surface area contributed by atoms with Crippen LogP contribution in [-0.2, 0) is 4.79 Å². The number of hydrogen-bond donors (Lipinski definition) is 1. The van der Waals surface area contributed by atoms with Crippen molar-refractivity contribution in [2.75, 3.05) is 0 Å². The van der Waals surface area contributed by atoms with Crippen LogP contribution in [0.15, 0.2) is 12.3 Å². The third-order valence-corrected chi connectivity index (χ3v) is 1.54. The fourth-order valence-electron chi connectivity index (χ4n) is 0.909. The SMILES string of the molecule is CC[C@H]1CC(=O)C=CN1. The standard InChI is InChI=1S/C7H11NO/c1-2-6-5-7(9)3-4-8-6/h3-4,6,8H,2,5H2,1H3/t6-/m0/s1. The first-order valence-electron chi connectivity index (χ1n) is 3.28. The lowest BCUT2D eigenvalue weighted by molar-refractivity contribution is -0.115. The summed E-state index contributed by atoms with van der Waals surface area (Å²) in [6.45, 7) is 2.07. The van der Waals surface area contributed by atoms with Gasteiger partial charge in [-0.15, -0.1) is 0 Å². The van der Waals surface area contributed by atoms with Gasteiger partial charge in [-0.1, -0.05) is 6.92 Å². The van der Waals surface area contributed by atoms with Gasteiger partial charge < -0.3 is 5.32 Å². The molecular formula is C7H11NO. The lowest BCUT2D eigenvalue weighted by Crippen LogP contribution is -2.29. The second-order valence-corrected chi connectivity index (χ2v) is 2.28. The van der Waals surface area contributed by atoms with Crippen LogP contribution in [0.1, 0.15) is 19.8 Å². The summed E-state index contributed by atoms with van der Waals surface area (Å²) in [6, 6.07) is 0.377. The Balaban J connectivity index is 2.47. The largest absolute Gasteiger partial charge is 0.388 e. The van der Waals surface area contributed by atoms with Crippen LogP contribution in [0.3, 0.4) is 0 Å². The molecule has 1 aliphatic heterocycles. The van der Waals surface area contributed by atoms with Crippen molar-refractivity contribution in [1.29, 1.82) is 0 Å². The molecule has 0 saturated heterocycles. The molecule has 0 aromatic rings. The summed E-state index contributed by atoms with van der Waals surface area (Å²) >= 11 is 0. The molecule has 1 atom stereocenters. The molecule has 0 unspecified atom stereocenters. The van der Waals surface area contributed by atoms with Gasteiger partial charge in [0.1, 0.15) is 0 Å². The van der Waals surface area contributed by atoms with E-state index in [2.05, 4.69) is 12.2 Å². The van der Waals surface area contributed by atoms with Gasteiger partial charge in [0.25, 0.3) is 0 Å². The molecule has 0 spiro atoms. The summed E-state index contributed by atoms with van der Waals surface area (Å²) in [5.41, 5.74) is 0. The first-order valence-corrected chi connectivity index (χ1v) is 3.28. The monoisotopic (exact) mass is 125 g/mol. The van der Waals surface area contributed by atoms with Gasteiger partial charge in [0.15, 0.2) is 5.78 Å². The van der Waals surface area contributed by atoms with E-state index in [0.717, 1.165) is 6.42 Å². The van der Waals surface area contributed by atoms with Crippen LogP contribution in [0.2, 0.25) is 0 Å². The molecule has 0 aromatic carbocycles. The molecule has 0 aliphatic carbocycles. The molecule has 0 saturated carbocycles. The van der Waals surface area contributed by atoms with E-state index in [-0.39, 0.29) is 5.78 Å². The quantitative estimate of drug-likeness (QED) is 0.562. The fraction of sp³-hybridized carbons (Fsp3) is 0.571. The number of nitrogens with one attached hydrogen (secondary N) is 1. The number of rotatable bonds is 1.